The number of anilines is 2. The second-order valence-electron chi connectivity index (χ2n) is 3.80. The first kappa shape index (κ1) is 15.9. The normalized spacial score (nSPS) is 11.4. The van der Waals surface area contributed by atoms with Gasteiger partial charge >= 0.3 is 6.18 Å². The summed E-state index contributed by atoms with van der Waals surface area (Å²) in [6.07, 6.45) is -3.02. The van der Waals surface area contributed by atoms with Crippen LogP contribution in [0.25, 0.3) is 0 Å². The Kier molecular flexibility index (Phi) is 6.20. The Morgan fingerprint density at radius 3 is 2.37 bits per heavy atom. The van der Waals surface area contributed by atoms with Gasteiger partial charge in [0.15, 0.2) is 5.16 Å². The molecule has 0 aliphatic heterocycles. The largest absolute Gasteiger partial charge is 0.389 e. The van der Waals surface area contributed by atoms with Gasteiger partial charge in [0, 0.05) is 25.6 Å². The molecule has 1 aromatic heterocycles. The summed E-state index contributed by atoms with van der Waals surface area (Å²) < 4.78 is 36.0. The van der Waals surface area contributed by atoms with Crippen LogP contribution >= 0.6 is 11.8 Å². The summed E-state index contributed by atoms with van der Waals surface area (Å²) in [6.45, 7) is 2.89. The first-order valence-corrected chi connectivity index (χ1v) is 7.14. The van der Waals surface area contributed by atoms with Crippen LogP contribution in [0.5, 0.6) is 0 Å². The molecule has 0 aliphatic carbocycles. The molecule has 8 heteroatoms. The fraction of sp³-hybridized carbons (Fsp3) is 0.636. The number of alkyl halides is 3. The average Bonchev–Trinajstić information content (AvgIpc) is 2.34. The Morgan fingerprint density at radius 2 is 1.84 bits per heavy atom. The van der Waals surface area contributed by atoms with Crippen molar-refractivity contribution >= 4 is 23.4 Å². The van der Waals surface area contributed by atoms with Gasteiger partial charge in [-0.1, -0.05) is 11.8 Å². The topological polar surface area (TPSA) is 49.8 Å². The van der Waals surface area contributed by atoms with E-state index in [9.17, 15) is 13.2 Å². The van der Waals surface area contributed by atoms with E-state index in [0.29, 0.717) is 16.8 Å². The van der Waals surface area contributed by atoms with E-state index in [1.54, 1.807) is 6.07 Å². The van der Waals surface area contributed by atoms with Crippen LogP contribution in [0, 0.1) is 0 Å². The molecular formula is C11H17F3N4S. The molecule has 0 aromatic carbocycles. The Balaban J connectivity index is 2.54. The van der Waals surface area contributed by atoms with Crippen LogP contribution in [-0.2, 0) is 0 Å². The van der Waals surface area contributed by atoms with Gasteiger partial charge in [0.2, 0.25) is 0 Å². The minimum absolute atomic E-state index is 0.0264. The van der Waals surface area contributed by atoms with Crippen molar-refractivity contribution in [2.45, 2.75) is 31.1 Å². The van der Waals surface area contributed by atoms with E-state index in [4.69, 9.17) is 0 Å². The quantitative estimate of drug-likeness (QED) is 0.458. The fourth-order valence-electron chi connectivity index (χ4n) is 1.38. The molecule has 0 saturated carbocycles. The van der Waals surface area contributed by atoms with Gasteiger partial charge in [-0.2, -0.15) is 13.2 Å². The lowest BCUT2D eigenvalue weighted by Gasteiger charge is -2.10. The predicted octanol–water partition coefficient (Wildman–Crippen LogP) is 3.38. The van der Waals surface area contributed by atoms with E-state index in [2.05, 4.69) is 20.6 Å². The zero-order valence-electron chi connectivity index (χ0n) is 10.8. The van der Waals surface area contributed by atoms with Crippen LogP contribution in [0.4, 0.5) is 24.8 Å². The zero-order chi connectivity index (χ0) is 14.3. The van der Waals surface area contributed by atoms with Gasteiger partial charge in [-0.3, -0.25) is 0 Å². The molecule has 0 spiro atoms. The third-order valence-electron chi connectivity index (χ3n) is 2.19. The molecule has 108 valence electrons. The van der Waals surface area contributed by atoms with Gasteiger partial charge in [-0.25, -0.2) is 9.97 Å². The highest BCUT2D eigenvalue weighted by molar-refractivity contribution is 7.98. The Morgan fingerprint density at radius 1 is 1.21 bits per heavy atom. The van der Waals surface area contributed by atoms with E-state index in [0.717, 1.165) is 6.54 Å². The lowest BCUT2D eigenvalue weighted by Crippen LogP contribution is -2.12. The summed E-state index contributed by atoms with van der Waals surface area (Å²) in [6, 6.07) is 1.69. The van der Waals surface area contributed by atoms with Gasteiger partial charge in [-0.05, 0) is 19.6 Å². The molecule has 0 radical (unpaired) electrons. The minimum atomic E-state index is -4.10. The summed E-state index contributed by atoms with van der Waals surface area (Å²) in [5, 5.41) is 6.52. The zero-order valence-corrected chi connectivity index (χ0v) is 11.7. The molecule has 1 heterocycles. The van der Waals surface area contributed by atoms with Gasteiger partial charge in [0.05, 0.1) is 0 Å². The summed E-state index contributed by atoms with van der Waals surface area (Å²) >= 11 is 1.38. The SMILES string of the molecule is CCNc1cc(NCCCC(F)(F)F)nc(SC)n1. The summed E-state index contributed by atoms with van der Waals surface area (Å²) in [7, 11) is 0. The lowest BCUT2D eigenvalue weighted by molar-refractivity contribution is -0.134. The van der Waals surface area contributed by atoms with Crippen molar-refractivity contribution in [1.29, 1.82) is 0 Å². The maximum atomic E-state index is 12.0. The van der Waals surface area contributed by atoms with Crippen LogP contribution in [0.2, 0.25) is 0 Å². The van der Waals surface area contributed by atoms with Crippen LogP contribution in [0.1, 0.15) is 19.8 Å². The number of nitrogens with one attached hydrogen (secondary N) is 2. The number of aromatic nitrogens is 2. The van der Waals surface area contributed by atoms with Gasteiger partial charge in [0.25, 0.3) is 0 Å². The molecular weight excluding hydrogens is 277 g/mol. The smallest absolute Gasteiger partial charge is 0.370 e. The number of rotatable bonds is 7. The van der Waals surface area contributed by atoms with Crippen LogP contribution in [-0.4, -0.2) is 35.5 Å². The van der Waals surface area contributed by atoms with E-state index < -0.39 is 12.6 Å². The molecule has 0 amide bonds. The van der Waals surface area contributed by atoms with Crippen molar-refractivity contribution in [2.75, 3.05) is 30.0 Å². The summed E-state index contributed by atoms with van der Waals surface area (Å²) in [5.41, 5.74) is 0. The Labute approximate surface area is 114 Å². The third kappa shape index (κ3) is 6.51. The number of hydrogen-bond acceptors (Lipinski definition) is 5. The molecule has 19 heavy (non-hydrogen) atoms. The molecule has 0 bridgehead atoms. The van der Waals surface area contributed by atoms with Crippen LogP contribution < -0.4 is 10.6 Å². The standard InChI is InChI=1S/C11H17F3N4S/c1-3-15-8-7-9(18-10(17-8)19-2)16-6-4-5-11(12,13)14/h7H,3-6H2,1-2H3,(H2,15,16,17,18). The molecule has 4 nitrogen and oxygen atoms in total. The van der Waals surface area contributed by atoms with Gasteiger partial charge < -0.3 is 10.6 Å². The highest BCUT2D eigenvalue weighted by Crippen LogP contribution is 2.21. The highest BCUT2D eigenvalue weighted by atomic mass is 32.2. The minimum Gasteiger partial charge on any atom is -0.370 e. The molecule has 2 N–H and O–H groups in total. The Bertz CT molecular complexity index is 398. The molecule has 1 aromatic rings. The second kappa shape index (κ2) is 7.42. The third-order valence-corrected chi connectivity index (χ3v) is 2.74. The van der Waals surface area contributed by atoms with E-state index in [1.165, 1.54) is 11.8 Å². The van der Waals surface area contributed by atoms with Crippen LogP contribution in [0.3, 0.4) is 0 Å². The summed E-state index contributed by atoms with van der Waals surface area (Å²) in [5.74, 6) is 1.21. The summed E-state index contributed by atoms with van der Waals surface area (Å²) in [4.78, 5) is 8.42. The predicted molar refractivity (Wildman–Crippen MR) is 71.8 cm³/mol. The maximum absolute atomic E-state index is 12.0. The highest BCUT2D eigenvalue weighted by Gasteiger charge is 2.25. The monoisotopic (exact) mass is 294 g/mol. The first-order valence-electron chi connectivity index (χ1n) is 5.92. The van der Waals surface area contributed by atoms with E-state index in [1.807, 2.05) is 13.2 Å². The molecule has 1 rings (SSSR count). The molecule has 0 atom stereocenters. The lowest BCUT2D eigenvalue weighted by atomic mass is 10.3. The van der Waals surface area contributed by atoms with Gasteiger partial charge in [-0.15, -0.1) is 0 Å². The molecule has 0 saturated heterocycles. The van der Waals surface area contributed by atoms with Crippen molar-refractivity contribution in [3.8, 4) is 0 Å². The first-order chi connectivity index (χ1) is 8.94. The fourth-order valence-corrected chi connectivity index (χ4v) is 1.76. The number of nitrogens with zero attached hydrogens (tertiary/aromatic N) is 2. The van der Waals surface area contributed by atoms with Crippen molar-refractivity contribution in [2.24, 2.45) is 0 Å². The number of hydrogen-bond donors (Lipinski definition) is 2. The van der Waals surface area contributed by atoms with E-state index >= 15 is 0 Å². The number of thioether (sulfide) groups is 1. The maximum Gasteiger partial charge on any atom is 0.389 e. The molecule has 0 fully saturated rings. The van der Waals surface area contributed by atoms with E-state index in [-0.39, 0.29) is 13.0 Å². The molecule has 0 aliphatic rings. The Hall–Kier alpha value is -1.18. The number of halogens is 3. The average molecular weight is 294 g/mol. The van der Waals surface area contributed by atoms with Crippen molar-refractivity contribution < 1.29 is 13.2 Å². The van der Waals surface area contributed by atoms with Crippen molar-refractivity contribution in [1.82, 2.24) is 9.97 Å². The van der Waals surface area contributed by atoms with Crippen molar-refractivity contribution in [3.05, 3.63) is 6.07 Å². The molecule has 0 unspecified atom stereocenters. The van der Waals surface area contributed by atoms with Crippen molar-refractivity contribution in [3.63, 3.8) is 0 Å². The second-order valence-corrected chi connectivity index (χ2v) is 4.57. The van der Waals surface area contributed by atoms with Crippen LogP contribution in [0.15, 0.2) is 11.2 Å². The van der Waals surface area contributed by atoms with Gasteiger partial charge in [0.1, 0.15) is 11.6 Å².